The maximum absolute atomic E-state index is 13.2. The normalized spacial score (nSPS) is 20.8. The number of nitrogens with zero attached hydrogens (tertiary/aromatic N) is 3. The Bertz CT molecular complexity index is 1240. The zero-order valence-corrected chi connectivity index (χ0v) is 17.7. The lowest BCUT2D eigenvalue weighted by molar-refractivity contribution is 0.428. The molecule has 0 radical (unpaired) electrons. The van der Waals surface area contributed by atoms with Gasteiger partial charge in [0.2, 0.25) is 10.0 Å². The summed E-state index contributed by atoms with van der Waals surface area (Å²) in [7, 11) is -7.47. The van der Waals surface area contributed by atoms with Crippen molar-refractivity contribution in [2.45, 2.75) is 16.6 Å². The first kappa shape index (κ1) is 19.7. The summed E-state index contributed by atoms with van der Waals surface area (Å²) in [5, 5.41) is -0.469. The zero-order valence-electron chi connectivity index (χ0n) is 14.5. The quantitative estimate of drug-likeness (QED) is 0.599. The fourth-order valence-corrected chi connectivity index (χ4v) is 7.85. The van der Waals surface area contributed by atoms with Crippen molar-refractivity contribution >= 4 is 54.2 Å². The van der Waals surface area contributed by atoms with Gasteiger partial charge in [-0.3, -0.25) is 0 Å². The molecule has 2 aromatic carbocycles. The summed E-state index contributed by atoms with van der Waals surface area (Å²) < 4.78 is 61.5. The van der Waals surface area contributed by atoms with E-state index < -0.39 is 25.1 Å². The molecule has 0 bridgehead atoms. The third kappa shape index (κ3) is 3.43. The highest BCUT2D eigenvalue weighted by molar-refractivity contribution is 7.92. The lowest BCUT2D eigenvalue weighted by atomic mass is 10.1. The van der Waals surface area contributed by atoms with Crippen LogP contribution in [0.5, 0.6) is 0 Å². The summed E-state index contributed by atoms with van der Waals surface area (Å²) in [6.45, 7) is -0.0367. The van der Waals surface area contributed by atoms with Gasteiger partial charge in [-0.15, -0.1) is 0 Å². The first-order valence-corrected chi connectivity index (χ1v) is 12.7. The molecule has 4 rings (SSSR count). The second-order valence-corrected chi connectivity index (χ2v) is 11.6. The molecule has 7 nitrogen and oxygen atoms in total. The van der Waals surface area contributed by atoms with E-state index >= 15 is 0 Å². The lowest BCUT2D eigenvalue weighted by Gasteiger charge is -2.20. The van der Waals surface area contributed by atoms with Gasteiger partial charge in [0.1, 0.15) is 15.9 Å². The summed E-state index contributed by atoms with van der Waals surface area (Å²) in [5.41, 5.74) is 1.32. The van der Waals surface area contributed by atoms with Gasteiger partial charge >= 0.3 is 0 Å². The van der Waals surface area contributed by atoms with Gasteiger partial charge in [-0.2, -0.15) is 13.1 Å². The largest absolute Gasteiger partial charge is 0.245 e. The van der Waals surface area contributed by atoms with Crippen molar-refractivity contribution in [3.63, 3.8) is 0 Å². The van der Waals surface area contributed by atoms with Crippen LogP contribution in [-0.2, 0) is 19.9 Å². The molecule has 1 saturated heterocycles. The predicted molar refractivity (Wildman–Crippen MR) is 109 cm³/mol. The number of rotatable bonds is 3. The topological polar surface area (TPSA) is 97.3 Å². The van der Waals surface area contributed by atoms with Crippen LogP contribution in [-0.4, -0.2) is 48.7 Å². The highest BCUT2D eigenvalue weighted by atomic mass is 35.5. The Kier molecular flexibility index (Phi) is 5.17. The van der Waals surface area contributed by atoms with Crippen LogP contribution in [0, 0.1) is 0 Å². The molecule has 0 amide bonds. The lowest BCUT2D eigenvalue weighted by Crippen LogP contribution is -2.33. The standard InChI is InChI=1S/C17H16ClN3O4S3/c18-13-5-2-1-4-12(13)15-8-9-21(10-11-27(15,22)23)28(24,25)16-7-3-6-14-17(16)20-26-19-14/h1-7,15H,8-11H2. The van der Waals surface area contributed by atoms with Gasteiger partial charge in [-0.25, -0.2) is 16.8 Å². The first-order chi connectivity index (χ1) is 13.3. The Hall–Kier alpha value is -1.59. The third-order valence-corrected chi connectivity index (χ3v) is 9.74. The van der Waals surface area contributed by atoms with E-state index in [4.69, 9.17) is 11.6 Å². The number of fused-ring (bicyclic) bond motifs is 1. The molecule has 0 N–H and O–H groups in total. The molecule has 0 aliphatic carbocycles. The molecule has 0 spiro atoms. The van der Waals surface area contributed by atoms with Gasteiger partial charge < -0.3 is 0 Å². The molecule has 1 fully saturated rings. The zero-order chi connectivity index (χ0) is 19.9. The van der Waals surface area contributed by atoms with E-state index in [1.165, 1.54) is 10.4 Å². The molecule has 28 heavy (non-hydrogen) atoms. The molecule has 1 aliphatic heterocycles. The van der Waals surface area contributed by atoms with Crippen molar-refractivity contribution < 1.29 is 16.8 Å². The van der Waals surface area contributed by atoms with E-state index in [0.717, 1.165) is 11.7 Å². The molecule has 1 aromatic heterocycles. The molecule has 148 valence electrons. The van der Waals surface area contributed by atoms with Gasteiger partial charge in [0, 0.05) is 18.1 Å². The average Bonchev–Trinajstić information content (AvgIpc) is 3.07. The van der Waals surface area contributed by atoms with Crippen molar-refractivity contribution in [3.05, 3.63) is 53.1 Å². The van der Waals surface area contributed by atoms with Gasteiger partial charge in [0.15, 0.2) is 9.84 Å². The molecule has 1 atom stereocenters. The van der Waals surface area contributed by atoms with E-state index in [1.807, 2.05) is 0 Å². The number of sulfone groups is 1. The predicted octanol–water partition coefficient (Wildman–Crippen LogP) is 2.90. The maximum Gasteiger partial charge on any atom is 0.245 e. The van der Waals surface area contributed by atoms with Gasteiger partial charge in [0.05, 0.1) is 22.7 Å². The molecule has 11 heteroatoms. The van der Waals surface area contributed by atoms with Crippen molar-refractivity contribution in [2.24, 2.45) is 0 Å². The van der Waals surface area contributed by atoms with Crippen LogP contribution in [0.2, 0.25) is 5.02 Å². The summed E-state index contributed by atoms with van der Waals surface area (Å²) in [5.74, 6) is -0.270. The molecular weight excluding hydrogens is 442 g/mol. The van der Waals surface area contributed by atoms with Crippen LogP contribution in [0.25, 0.3) is 11.0 Å². The number of hydrogen-bond donors (Lipinski definition) is 0. The number of sulfonamides is 1. The van der Waals surface area contributed by atoms with Crippen LogP contribution in [0.3, 0.4) is 0 Å². The van der Waals surface area contributed by atoms with E-state index in [2.05, 4.69) is 8.75 Å². The molecular formula is C17H16ClN3O4S3. The second kappa shape index (κ2) is 7.34. The fourth-order valence-electron chi connectivity index (χ4n) is 3.38. The highest BCUT2D eigenvalue weighted by Crippen LogP contribution is 2.35. The summed E-state index contributed by atoms with van der Waals surface area (Å²) in [6.07, 6.45) is 0.136. The molecule has 3 aromatic rings. The van der Waals surface area contributed by atoms with E-state index in [1.54, 1.807) is 36.4 Å². The smallest absolute Gasteiger partial charge is 0.228 e. The minimum Gasteiger partial charge on any atom is -0.228 e. The monoisotopic (exact) mass is 457 g/mol. The summed E-state index contributed by atoms with van der Waals surface area (Å²) in [4.78, 5) is 0.0485. The Balaban J connectivity index is 1.70. The SMILES string of the molecule is O=S1(=O)CCN(S(=O)(=O)c2cccc3nsnc23)CCC1c1ccccc1Cl. The minimum atomic E-state index is -3.91. The number of aromatic nitrogens is 2. The maximum atomic E-state index is 13.2. The van der Waals surface area contributed by atoms with E-state index in [9.17, 15) is 16.8 Å². The average molecular weight is 458 g/mol. The molecule has 2 heterocycles. The Morgan fingerprint density at radius 1 is 1.07 bits per heavy atom. The van der Waals surface area contributed by atoms with E-state index in [-0.39, 0.29) is 30.2 Å². The van der Waals surface area contributed by atoms with Gasteiger partial charge in [0.25, 0.3) is 0 Å². The first-order valence-electron chi connectivity index (χ1n) is 8.48. The van der Waals surface area contributed by atoms with Crippen LogP contribution in [0.4, 0.5) is 0 Å². The van der Waals surface area contributed by atoms with Gasteiger partial charge in [-0.05, 0) is 30.2 Å². The molecule has 1 unspecified atom stereocenters. The Morgan fingerprint density at radius 3 is 2.64 bits per heavy atom. The highest BCUT2D eigenvalue weighted by Gasteiger charge is 2.37. The van der Waals surface area contributed by atoms with Crippen LogP contribution in [0.1, 0.15) is 17.2 Å². The van der Waals surface area contributed by atoms with Crippen molar-refractivity contribution in [1.29, 1.82) is 0 Å². The summed E-state index contributed by atoms with van der Waals surface area (Å²) in [6, 6.07) is 11.6. The van der Waals surface area contributed by atoms with Crippen molar-refractivity contribution in [3.8, 4) is 0 Å². The third-order valence-electron chi connectivity index (χ3n) is 4.82. The number of benzene rings is 2. The van der Waals surface area contributed by atoms with E-state index in [0.29, 0.717) is 21.6 Å². The number of halogens is 1. The Labute approximate surface area is 172 Å². The molecule has 1 aliphatic rings. The van der Waals surface area contributed by atoms with Crippen LogP contribution < -0.4 is 0 Å². The fraction of sp³-hybridized carbons (Fsp3) is 0.294. The van der Waals surface area contributed by atoms with Crippen molar-refractivity contribution in [1.82, 2.24) is 13.1 Å². The number of hydrogen-bond acceptors (Lipinski definition) is 7. The molecule has 0 saturated carbocycles. The van der Waals surface area contributed by atoms with Gasteiger partial charge in [-0.1, -0.05) is 35.9 Å². The minimum absolute atomic E-state index is 0.0485. The van der Waals surface area contributed by atoms with Crippen LogP contribution in [0.15, 0.2) is 47.4 Å². The second-order valence-electron chi connectivity index (χ2n) is 6.46. The Morgan fingerprint density at radius 2 is 1.86 bits per heavy atom. The summed E-state index contributed by atoms with van der Waals surface area (Å²) >= 11 is 7.14. The van der Waals surface area contributed by atoms with Crippen molar-refractivity contribution in [2.75, 3.05) is 18.8 Å². The van der Waals surface area contributed by atoms with Crippen LogP contribution >= 0.6 is 23.3 Å².